The highest BCUT2D eigenvalue weighted by atomic mass is 16.2. The number of nitrogens with one attached hydrogen (secondary N) is 1. The van der Waals surface area contributed by atoms with Gasteiger partial charge in [-0.1, -0.05) is 48.0 Å². The van der Waals surface area contributed by atoms with E-state index in [4.69, 9.17) is 0 Å². The van der Waals surface area contributed by atoms with Crippen LogP contribution in [0, 0.1) is 6.92 Å². The van der Waals surface area contributed by atoms with E-state index >= 15 is 0 Å². The Hall–Kier alpha value is -2.82. The quantitative estimate of drug-likeness (QED) is 0.886. The van der Waals surface area contributed by atoms with Crippen molar-refractivity contribution in [1.29, 1.82) is 0 Å². The van der Waals surface area contributed by atoms with Gasteiger partial charge in [0, 0.05) is 38.8 Å². The fourth-order valence-corrected chi connectivity index (χ4v) is 3.45. The molecule has 5 heteroatoms. The van der Waals surface area contributed by atoms with Gasteiger partial charge in [0.1, 0.15) is 0 Å². The zero-order chi connectivity index (χ0) is 19.2. The van der Waals surface area contributed by atoms with Crippen LogP contribution in [0.5, 0.6) is 0 Å². The van der Waals surface area contributed by atoms with Crippen LogP contribution in [0.1, 0.15) is 30.5 Å². The number of amides is 2. The van der Waals surface area contributed by atoms with Crippen molar-refractivity contribution in [2.24, 2.45) is 0 Å². The molecule has 1 fully saturated rings. The van der Waals surface area contributed by atoms with Crippen LogP contribution >= 0.6 is 0 Å². The van der Waals surface area contributed by atoms with E-state index < -0.39 is 0 Å². The first kappa shape index (κ1) is 19.0. The number of para-hydroxylation sites is 1. The highest BCUT2D eigenvalue weighted by molar-refractivity contribution is 5.79. The maximum Gasteiger partial charge on any atom is 0.225 e. The van der Waals surface area contributed by atoms with Gasteiger partial charge in [-0.25, -0.2) is 0 Å². The molecule has 1 atom stereocenters. The Morgan fingerprint density at radius 2 is 1.59 bits per heavy atom. The molecule has 1 N–H and O–H groups in total. The van der Waals surface area contributed by atoms with Gasteiger partial charge in [-0.05, 0) is 24.6 Å². The predicted molar refractivity (Wildman–Crippen MR) is 108 cm³/mol. The van der Waals surface area contributed by atoms with Crippen molar-refractivity contribution in [3.05, 3.63) is 65.7 Å². The van der Waals surface area contributed by atoms with Gasteiger partial charge in [0.15, 0.2) is 0 Å². The van der Waals surface area contributed by atoms with E-state index in [1.165, 1.54) is 12.6 Å². The molecule has 1 aliphatic rings. The van der Waals surface area contributed by atoms with Crippen LogP contribution in [-0.4, -0.2) is 42.9 Å². The molecule has 2 amide bonds. The number of carbonyl (C=O) groups is 2. The van der Waals surface area contributed by atoms with Gasteiger partial charge >= 0.3 is 0 Å². The number of anilines is 1. The summed E-state index contributed by atoms with van der Waals surface area (Å²) in [4.78, 5) is 28.6. The summed E-state index contributed by atoms with van der Waals surface area (Å²) in [6.45, 7) is 6.57. The van der Waals surface area contributed by atoms with E-state index in [0.29, 0.717) is 13.1 Å². The van der Waals surface area contributed by atoms with Crippen LogP contribution in [0.2, 0.25) is 0 Å². The van der Waals surface area contributed by atoms with Gasteiger partial charge in [-0.15, -0.1) is 0 Å². The zero-order valence-corrected chi connectivity index (χ0v) is 16.0. The van der Waals surface area contributed by atoms with Crippen molar-refractivity contribution in [3.63, 3.8) is 0 Å². The number of rotatable bonds is 5. The van der Waals surface area contributed by atoms with E-state index in [9.17, 15) is 9.59 Å². The lowest BCUT2D eigenvalue weighted by Gasteiger charge is -2.36. The van der Waals surface area contributed by atoms with Crippen LogP contribution in [0.15, 0.2) is 54.6 Å². The summed E-state index contributed by atoms with van der Waals surface area (Å²) in [5.41, 5.74) is 3.32. The molecular formula is C22H27N3O2. The first-order valence-corrected chi connectivity index (χ1v) is 9.44. The lowest BCUT2D eigenvalue weighted by molar-refractivity contribution is -0.132. The monoisotopic (exact) mass is 365 g/mol. The Labute approximate surface area is 161 Å². The van der Waals surface area contributed by atoms with Crippen LogP contribution in [0.25, 0.3) is 0 Å². The number of carbonyl (C=O) groups excluding carboxylic acids is 2. The molecule has 0 radical (unpaired) electrons. The molecule has 2 aromatic carbocycles. The summed E-state index contributed by atoms with van der Waals surface area (Å²) in [6, 6.07) is 18.0. The lowest BCUT2D eigenvalue weighted by atomic mass is 10.0. The second-order valence-electron chi connectivity index (χ2n) is 7.07. The minimum Gasteiger partial charge on any atom is -0.368 e. The fraction of sp³-hybridized carbons (Fsp3) is 0.364. The summed E-state index contributed by atoms with van der Waals surface area (Å²) in [7, 11) is 0. The van der Waals surface area contributed by atoms with Gasteiger partial charge < -0.3 is 15.1 Å². The van der Waals surface area contributed by atoms with E-state index in [-0.39, 0.29) is 24.3 Å². The Morgan fingerprint density at radius 3 is 2.19 bits per heavy atom. The van der Waals surface area contributed by atoms with Gasteiger partial charge in [-0.2, -0.15) is 0 Å². The van der Waals surface area contributed by atoms with Gasteiger partial charge in [0.05, 0.1) is 12.5 Å². The van der Waals surface area contributed by atoms with Crippen molar-refractivity contribution in [3.8, 4) is 0 Å². The van der Waals surface area contributed by atoms with Crippen LogP contribution < -0.4 is 10.2 Å². The van der Waals surface area contributed by atoms with Gasteiger partial charge in [0.25, 0.3) is 0 Å². The third kappa shape index (κ3) is 5.09. The molecule has 2 aromatic rings. The molecule has 0 bridgehead atoms. The second-order valence-corrected chi connectivity index (χ2v) is 7.07. The molecule has 0 aliphatic carbocycles. The van der Waals surface area contributed by atoms with Crippen molar-refractivity contribution in [2.75, 3.05) is 31.1 Å². The van der Waals surface area contributed by atoms with Gasteiger partial charge in [0.2, 0.25) is 11.8 Å². The van der Waals surface area contributed by atoms with Gasteiger partial charge in [-0.3, -0.25) is 9.59 Å². The Kier molecular flexibility index (Phi) is 6.12. The summed E-state index contributed by atoms with van der Waals surface area (Å²) in [5.74, 6) is -0.0377. The predicted octanol–water partition coefficient (Wildman–Crippen LogP) is 2.91. The molecule has 142 valence electrons. The number of hydrogen-bond donors (Lipinski definition) is 1. The van der Waals surface area contributed by atoms with Crippen LogP contribution in [0.3, 0.4) is 0 Å². The molecule has 1 heterocycles. The summed E-state index contributed by atoms with van der Waals surface area (Å²) >= 11 is 0. The summed E-state index contributed by atoms with van der Waals surface area (Å²) < 4.78 is 0. The topological polar surface area (TPSA) is 52.7 Å². The Balaban J connectivity index is 1.61. The SMILES string of the molecule is CC(=O)NC(CC(=O)N1CCN(c2ccccc2)CC1)c1ccc(C)cc1. The molecule has 27 heavy (non-hydrogen) atoms. The number of nitrogens with zero attached hydrogens (tertiary/aromatic N) is 2. The smallest absolute Gasteiger partial charge is 0.225 e. The number of aryl methyl sites for hydroxylation is 1. The highest BCUT2D eigenvalue weighted by Crippen LogP contribution is 2.21. The highest BCUT2D eigenvalue weighted by Gasteiger charge is 2.24. The third-order valence-corrected chi connectivity index (χ3v) is 4.99. The fourth-order valence-electron chi connectivity index (χ4n) is 3.45. The minimum absolute atomic E-state index is 0.0852. The van der Waals surface area contributed by atoms with Crippen molar-refractivity contribution in [2.45, 2.75) is 26.3 Å². The number of hydrogen-bond acceptors (Lipinski definition) is 3. The van der Waals surface area contributed by atoms with Crippen LogP contribution in [0.4, 0.5) is 5.69 Å². The summed E-state index contributed by atoms with van der Waals surface area (Å²) in [5, 5.41) is 2.92. The number of benzene rings is 2. The van der Waals surface area contributed by atoms with E-state index in [0.717, 1.165) is 24.2 Å². The second kappa shape index (κ2) is 8.71. The van der Waals surface area contributed by atoms with Crippen molar-refractivity contribution < 1.29 is 9.59 Å². The van der Waals surface area contributed by atoms with E-state index in [1.807, 2.05) is 54.3 Å². The first-order chi connectivity index (χ1) is 13.0. The molecule has 1 unspecified atom stereocenters. The third-order valence-electron chi connectivity index (χ3n) is 4.99. The lowest BCUT2D eigenvalue weighted by Crippen LogP contribution is -2.49. The molecule has 1 aliphatic heterocycles. The van der Waals surface area contributed by atoms with E-state index in [2.05, 4.69) is 22.3 Å². The standard InChI is InChI=1S/C22H27N3O2/c1-17-8-10-19(11-9-17)21(23-18(2)26)16-22(27)25-14-12-24(13-15-25)20-6-4-3-5-7-20/h3-11,21H,12-16H2,1-2H3,(H,23,26). The summed E-state index contributed by atoms with van der Waals surface area (Å²) in [6.07, 6.45) is 0.286. The largest absolute Gasteiger partial charge is 0.368 e. The molecule has 5 nitrogen and oxygen atoms in total. The maximum absolute atomic E-state index is 12.8. The molecule has 0 saturated carbocycles. The first-order valence-electron chi connectivity index (χ1n) is 9.44. The molecule has 1 saturated heterocycles. The average molecular weight is 365 g/mol. The van der Waals surface area contributed by atoms with Crippen molar-refractivity contribution in [1.82, 2.24) is 10.2 Å². The van der Waals surface area contributed by atoms with E-state index in [1.54, 1.807) is 0 Å². The van der Waals surface area contributed by atoms with Crippen LogP contribution in [-0.2, 0) is 9.59 Å². The van der Waals surface area contributed by atoms with Crippen molar-refractivity contribution >= 4 is 17.5 Å². The molecule has 0 spiro atoms. The average Bonchev–Trinajstić information content (AvgIpc) is 2.68. The molecular weight excluding hydrogens is 338 g/mol. The zero-order valence-electron chi connectivity index (χ0n) is 16.0. The molecule has 3 rings (SSSR count). The Bertz CT molecular complexity index is 766. The molecule has 0 aromatic heterocycles. The normalized spacial score (nSPS) is 15.3. The minimum atomic E-state index is -0.289. The maximum atomic E-state index is 12.8. The number of piperazine rings is 1. The Morgan fingerprint density at radius 1 is 0.963 bits per heavy atom.